The SMILES string of the molecule is CC[C@@H](O)c1cc2ccc(-c3cnc4nn(C)cc4c3)nc2s1. The van der Waals surface area contributed by atoms with Gasteiger partial charge in [0.1, 0.15) is 4.83 Å². The first-order chi connectivity index (χ1) is 11.1. The van der Waals surface area contributed by atoms with Gasteiger partial charge in [0.25, 0.3) is 0 Å². The summed E-state index contributed by atoms with van der Waals surface area (Å²) < 4.78 is 1.76. The minimum absolute atomic E-state index is 0.411. The van der Waals surface area contributed by atoms with Crippen molar-refractivity contribution in [3.05, 3.63) is 41.5 Å². The molecule has 6 heteroatoms. The summed E-state index contributed by atoms with van der Waals surface area (Å²) in [6.07, 6.45) is 4.05. The Morgan fingerprint density at radius 3 is 2.96 bits per heavy atom. The van der Waals surface area contributed by atoms with Crippen LogP contribution in [0.2, 0.25) is 0 Å². The number of hydrogen-bond donors (Lipinski definition) is 1. The van der Waals surface area contributed by atoms with Gasteiger partial charge in [0, 0.05) is 40.7 Å². The predicted molar refractivity (Wildman–Crippen MR) is 92.4 cm³/mol. The fraction of sp³-hybridized carbons (Fsp3) is 0.235. The second-order valence-electron chi connectivity index (χ2n) is 5.60. The fourth-order valence-corrected chi connectivity index (χ4v) is 3.74. The Bertz CT molecular complexity index is 1000. The van der Waals surface area contributed by atoms with E-state index >= 15 is 0 Å². The van der Waals surface area contributed by atoms with E-state index in [2.05, 4.69) is 16.1 Å². The van der Waals surface area contributed by atoms with Crippen molar-refractivity contribution >= 4 is 32.6 Å². The molecule has 4 rings (SSSR count). The largest absolute Gasteiger partial charge is 0.388 e. The van der Waals surface area contributed by atoms with Gasteiger partial charge in [-0.25, -0.2) is 9.97 Å². The van der Waals surface area contributed by atoms with Crippen LogP contribution in [-0.2, 0) is 7.05 Å². The Labute approximate surface area is 137 Å². The normalized spacial score (nSPS) is 13.0. The van der Waals surface area contributed by atoms with Crippen molar-refractivity contribution in [2.75, 3.05) is 0 Å². The van der Waals surface area contributed by atoms with Crippen LogP contribution in [0.25, 0.3) is 32.5 Å². The number of aryl methyl sites for hydroxylation is 1. The van der Waals surface area contributed by atoms with Crippen molar-refractivity contribution in [2.24, 2.45) is 7.05 Å². The summed E-state index contributed by atoms with van der Waals surface area (Å²) in [5.74, 6) is 0. The second-order valence-corrected chi connectivity index (χ2v) is 6.67. The number of aromatic nitrogens is 4. The Morgan fingerprint density at radius 2 is 2.13 bits per heavy atom. The lowest BCUT2D eigenvalue weighted by Crippen LogP contribution is -1.89. The Hall–Kier alpha value is -2.31. The van der Waals surface area contributed by atoms with E-state index in [9.17, 15) is 5.11 Å². The maximum atomic E-state index is 10.0. The maximum Gasteiger partial charge on any atom is 0.181 e. The van der Waals surface area contributed by atoms with E-state index in [1.807, 2.05) is 38.4 Å². The standard InChI is InChI=1S/C17H16N4OS/c1-3-14(22)15-7-10-4-5-13(19-17(10)23-15)11-6-12-9-21(2)20-16(12)18-8-11/h4-9,14,22H,3H2,1-2H3/t14-/m1/s1. The second kappa shape index (κ2) is 5.40. The first kappa shape index (κ1) is 14.3. The van der Waals surface area contributed by atoms with E-state index in [-0.39, 0.29) is 0 Å². The summed E-state index contributed by atoms with van der Waals surface area (Å²) in [5.41, 5.74) is 2.59. The van der Waals surface area contributed by atoms with Crippen molar-refractivity contribution in [3.8, 4) is 11.3 Å². The first-order valence-corrected chi connectivity index (χ1v) is 8.34. The van der Waals surface area contributed by atoms with Crippen molar-refractivity contribution in [1.29, 1.82) is 0 Å². The van der Waals surface area contributed by atoms with Crippen LogP contribution < -0.4 is 0 Å². The van der Waals surface area contributed by atoms with Gasteiger partial charge in [-0.15, -0.1) is 11.3 Å². The fourth-order valence-electron chi connectivity index (χ4n) is 2.64. The average Bonchev–Trinajstić information content (AvgIpc) is 3.14. The maximum absolute atomic E-state index is 10.0. The molecule has 0 radical (unpaired) electrons. The van der Waals surface area contributed by atoms with Gasteiger partial charge in [-0.05, 0) is 30.7 Å². The molecule has 0 amide bonds. The molecule has 0 saturated carbocycles. The van der Waals surface area contributed by atoms with E-state index < -0.39 is 6.10 Å². The molecule has 0 aromatic carbocycles. The van der Waals surface area contributed by atoms with Crippen LogP contribution in [0.1, 0.15) is 24.3 Å². The summed E-state index contributed by atoms with van der Waals surface area (Å²) in [6, 6.07) is 8.12. The Kier molecular flexibility index (Phi) is 3.36. The topological polar surface area (TPSA) is 63.8 Å². The first-order valence-electron chi connectivity index (χ1n) is 7.52. The Balaban J connectivity index is 1.80. The van der Waals surface area contributed by atoms with Gasteiger partial charge >= 0.3 is 0 Å². The molecule has 0 unspecified atom stereocenters. The van der Waals surface area contributed by atoms with Crippen LogP contribution in [0.15, 0.2) is 36.7 Å². The summed E-state index contributed by atoms with van der Waals surface area (Å²) in [4.78, 5) is 11.0. The summed E-state index contributed by atoms with van der Waals surface area (Å²) in [6.45, 7) is 1.97. The van der Waals surface area contributed by atoms with Gasteiger partial charge in [-0.2, -0.15) is 5.10 Å². The smallest absolute Gasteiger partial charge is 0.181 e. The van der Waals surface area contributed by atoms with E-state index in [4.69, 9.17) is 4.98 Å². The number of pyridine rings is 2. The van der Waals surface area contributed by atoms with Crippen molar-refractivity contribution in [3.63, 3.8) is 0 Å². The molecular weight excluding hydrogens is 308 g/mol. The number of thiophene rings is 1. The van der Waals surface area contributed by atoms with Gasteiger partial charge in [-0.3, -0.25) is 4.68 Å². The minimum atomic E-state index is -0.411. The van der Waals surface area contributed by atoms with Gasteiger partial charge < -0.3 is 5.11 Å². The number of aliphatic hydroxyl groups excluding tert-OH is 1. The molecule has 0 aliphatic rings. The van der Waals surface area contributed by atoms with E-state index in [1.54, 1.807) is 22.2 Å². The lowest BCUT2D eigenvalue weighted by Gasteiger charge is -2.01. The number of aliphatic hydroxyl groups is 1. The molecule has 0 aliphatic heterocycles. The third-order valence-electron chi connectivity index (χ3n) is 3.89. The third-order valence-corrected chi connectivity index (χ3v) is 5.03. The van der Waals surface area contributed by atoms with Crippen molar-refractivity contribution < 1.29 is 5.11 Å². The lowest BCUT2D eigenvalue weighted by molar-refractivity contribution is 0.177. The molecule has 23 heavy (non-hydrogen) atoms. The summed E-state index contributed by atoms with van der Waals surface area (Å²) in [7, 11) is 1.89. The van der Waals surface area contributed by atoms with Crippen LogP contribution in [0.3, 0.4) is 0 Å². The minimum Gasteiger partial charge on any atom is -0.388 e. The van der Waals surface area contributed by atoms with Gasteiger partial charge in [0.15, 0.2) is 5.65 Å². The zero-order chi connectivity index (χ0) is 16.0. The van der Waals surface area contributed by atoms with Crippen LogP contribution in [0.5, 0.6) is 0 Å². The van der Waals surface area contributed by atoms with Crippen LogP contribution in [0.4, 0.5) is 0 Å². The molecule has 5 nitrogen and oxygen atoms in total. The molecule has 4 aromatic rings. The highest BCUT2D eigenvalue weighted by atomic mass is 32.1. The average molecular weight is 324 g/mol. The van der Waals surface area contributed by atoms with E-state index in [0.717, 1.165) is 37.4 Å². The molecule has 0 fully saturated rings. The van der Waals surface area contributed by atoms with Gasteiger partial charge in [0.2, 0.25) is 0 Å². The molecule has 0 aliphatic carbocycles. The van der Waals surface area contributed by atoms with E-state index in [1.165, 1.54) is 0 Å². The van der Waals surface area contributed by atoms with E-state index in [0.29, 0.717) is 6.42 Å². The highest BCUT2D eigenvalue weighted by Gasteiger charge is 2.12. The van der Waals surface area contributed by atoms with Crippen LogP contribution in [-0.4, -0.2) is 24.9 Å². The molecule has 1 N–H and O–H groups in total. The quantitative estimate of drug-likeness (QED) is 0.624. The molecule has 116 valence electrons. The van der Waals surface area contributed by atoms with Crippen LogP contribution in [0, 0.1) is 0 Å². The number of nitrogens with zero attached hydrogens (tertiary/aromatic N) is 4. The Morgan fingerprint density at radius 1 is 1.26 bits per heavy atom. The molecule has 0 bridgehead atoms. The van der Waals surface area contributed by atoms with Gasteiger partial charge in [0.05, 0.1) is 11.8 Å². The third kappa shape index (κ3) is 2.50. The molecule has 0 spiro atoms. The van der Waals surface area contributed by atoms with Crippen molar-refractivity contribution in [1.82, 2.24) is 19.7 Å². The predicted octanol–water partition coefficient (Wildman–Crippen LogP) is 3.69. The molecule has 4 heterocycles. The monoisotopic (exact) mass is 324 g/mol. The zero-order valence-electron chi connectivity index (χ0n) is 12.9. The molecular formula is C17H16N4OS. The zero-order valence-corrected chi connectivity index (χ0v) is 13.7. The van der Waals surface area contributed by atoms with Crippen LogP contribution >= 0.6 is 11.3 Å². The van der Waals surface area contributed by atoms with Crippen molar-refractivity contribution in [2.45, 2.75) is 19.4 Å². The molecule has 1 atom stereocenters. The highest BCUT2D eigenvalue weighted by molar-refractivity contribution is 7.18. The molecule has 4 aromatic heterocycles. The summed E-state index contributed by atoms with van der Waals surface area (Å²) >= 11 is 1.55. The summed E-state index contributed by atoms with van der Waals surface area (Å²) in [5, 5.41) is 16.4. The highest BCUT2D eigenvalue weighted by Crippen LogP contribution is 2.32. The lowest BCUT2D eigenvalue weighted by atomic mass is 10.1. The number of fused-ring (bicyclic) bond motifs is 2. The molecule has 0 saturated heterocycles. The number of rotatable bonds is 3. The van der Waals surface area contributed by atoms with Gasteiger partial charge in [-0.1, -0.05) is 6.92 Å². The number of hydrogen-bond acceptors (Lipinski definition) is 5.